The van der Waals surface area contributed by atoms with Crippen molar-refractivity contribution in [3.05, 3.63) is 58.1 Å². The average molecular weight is 438 g/mol. The minimum atomic E-state index is -3.92. The number of anilines is 1. The molecule has 28 heavy (non-hydrogen) atoms. The fourth-order valence-electron chi connectivity index (χ4n) is 3.12. The topological polar surface area (TPSA) is 90.3 Å². The van der Waals surface area contributed by atoms with Crippen LogP contribution in [-0.4, -0.2) is 31.2 Å². The van der Waals surface area contributed by atoms with Gasteiger partial charge in [0.2, 0.25) is 15.9 Å². The lowest BCUT2D eigenvalue weighted by Gasteiger charge is -2.33. The molecule has 1 aliphatic heterocycles. The summed E-state index contributed by atoms with van der Waals surface area (Å²) in [7, 11) is -3.92. The number of halogens is 2. The molecule has 1 aliphatic rings. The van der Waals surface area contributed by atoms with Gasteiger partial charge in [-0.25, -0.2) is 8.42 Å². The summed E-state index contributed by atoms with van der Waals surface area (Å²) in [5.74, 6) is -0.432. The SMILES string of the molecule is N#Cc1cccc(S(=O)(=O)N2CCCC[C@@H]2C(=O)Nc2ccc(Cl)c(Cl)c2)c1. The molecule has 1 atom stereocenters. The van der Waals surface area contributed by atoms with E-state index in [9.17, 15) is 13.2 Å². The Labute approximate surface area is 173 Å². The first-order valence-electron chi connectivity index (χ1n) is 8.61. The molecule has 146 valence electrons. The van der Waals surface area contributed by atoms with E-state index in [0.29, 0.717) is 28.6 Å². The first-order chi connectivity index (χ1) is 13.3. The van der Waals surface area contributed by atoms with Crippen LogP contribution >= 0.6 is 23.2 Å². The third-order valence-electron chi connectivity index (χ3n) is 4.51. The van der Waals surface area contributed by atoms with Gasteiger partial charge in [0, 0.05) is 12.2 Å². The van der Waals surface area contributed by atoms with Gasteiger partial charge >= 0.3 is 0 Å². The van der Waals surface area contributed by atoms with Crippen molar-refractivity contribution in [2.45, 2.75) is 30.2 Å². The normalized spacial score (nSPS) is 17.7. The molecule has 1 N–H and O–H groups in total. The predicted molar refractivity (Wildman–Crippen MR) is 108 cm³/mol. The predicted octanol–water partition coefficient (Wildman–Crippen LogP) is 4.05. The Balaban J connectivity index is 1.87. The molecule has 6 nitrogen and oxygen atoms in total. The highest BCUT2D eigenvalue weighted by molar-refractivity contribution is 7.89. The number of nitrogens with zero attached hydrogens (tertiary/aromatic N) is 2. The lowest BCUT2D eigenvalue weighted by atomic mass is 10.0. The highest BCUT2D eigenvalue weighted by Gasteiger charge is 2.37. The number of carbonyl (C=O) groups is 1. The molecule has 0 aromatic heterocycles. The largest absolute Gasteiger partial charge is 0.325 e. The third-order valence-corrected chi connectivity index (χ3v) is 7.16. The molecule has 0 bridgehead atoms. The number of hydrogen-bond acceptors (Lipinski definition) is 4. The summed E-state index contributed by atoms with van der Waals surface area (Å²) >= 11 is 11.9. The van der Waals surface area contributed by atoms with Gasteiger partial charge in [-0.15, -0.1) is 0 Å². The van der Waals surface area contributed by atoms with Crippen LogP contribution in [0.1, 0.15) is 24.8 Å². The van der Waals surface area contributed by atoms with Crippen LogP contribution in [0.25, 0.3) is 0 Å². The number of benzene rings is 2. The van der Waals surface area contributed by atoms with Crippen molar-refractivity contribution in [1.29, 1.82) is 5.26 Å². The Morgan fingerprint density at radius 3 is 2.64 bits per heavy atom. The summed E-state index contributed by atoms with van der Waals surface area (Å²) in [5.41, 5.74) is 0.684. The molecule has 1 fully saturated rings. The molecule has 2 aromatic carbocycles. The van der Waals surface area contributed by atoms with Gasteiger partial charge in [0.25, 0.3) is 0 Å². The van der Waals surface area contributed by atoms with Crippen LogP contribution in [0.3, 0.4) is 0 Å². The van der Waals surface area contributed by atoms with E-state index in [4.69, 9.17) is 28.5 Å². The minimum absolute atomic E-state index is 0.000729. The lowest BCUT2D eigenvalue weighted by molar-refractivity contribution is -0.120. The standard InChI is InChI=1S/C19H17Cl2N3O3S/c20-16-8-7-14(11-17(16)21)23-19(25)18-6-1-2-9-24(18)28(26,27)15-5-3-4-13(10-15)12-22/h3-5,7-8,10-11,18H,1-2,6,9H2,(H,23,25)/t18-/m1/s1. The zero-order valence-electron chi connectivity index (χ0n) is 14.7. The number of amides is 1. The molecular formula is C19H17Cl2N3O3S. The van der Waals surface area contributed by atoms with E-state index in [-0.39, 0.29) is 17.0 Å². The van der Waals surface area contributed by atoms with Gasteiger partial charge in [0.05, 0.1) is 26.6 Å². The number of carbonyl (C=O) groups excluding carboxylic acids is 1. The smallest absolute Gasteiger partial charge is 0.243 e. The van der Waals surface area contributed by atoms with Crippen LogP contribution in [0.2, 0.25) is 10.0 Å². The Bertz CT molecular complexity index is 1050. The van der Waals surface area contributed by atoms with Crippen molar-refractivity contribution in [1.82, 2.24) is 4.31 Å². The van der Waals surface area contributed by atoms with Crippen LogP contribution in [0, 0.1) is 11.3 Å². The number of sulfonamides is 1. The molecule has 1 amide bonds. The molecule has 0 unspecified atom stereocenters. The number of rotatable bonds is 4. The first kappa shape index (κ1) is 20.6. The Hall–Kier alpha value is -2.11. The van der Waals surface area contributed by atoms with Crippen molar-refractivity contribution >= 4 is 44.8 Å². The number of nitriles is 1. The second-order valence-electron chi connectivity index (χ2n) is 6.39. The zero-order valence-corrected chi connectivity index (χ0v) is 17.1. The number of piperidine rings is 1. The van der Waals surface area contributed by atoms with Gasteiger partial charge < -0.3 is 5.32 Å². The summed E-state index contributed by atoms with van der Waals surface area (Å²) < 4.78 is 27.4. The van der Waals surface area contributed by atoms with E-state index in [1.54, 1.807) is 12.1 Å². The fourth-order valence-corrected chi connectivity index (χ4v) is 5.12. The van der Waals surface area contributed by atoms with Gasteiger partial charge in [-0.2, -0.15) is 9.57 Å². The molecule has 0 aliphatic carbocycles. The van der Waals surface area contributed by atoms with Crippen LogP contribution in [-0.2, 0) is 14.8 Å². The monoisotopic (exact) mass is 437 g/mol. The van der Waals surface area contributed by atoms with Crippen molar-refractivity contribution in [3.8, 4) is 6.07 Å². The third kappa shape index (κ3) is 4.31. The van der Waals surface area contributed by atoms with Gasteiger partial charge in [0.15, 0.2) is 0 Å². The van der Waals surface area contributed by atoms with E-state index < -0.39 is 22.0 Å². The molecular weight excluding hydrogens is 421 g/mol. The Morgan fingerprint density at radius 1 is 1.14 bits per heavy atom. The maximum absolute atomic E-state index is 13.1. The average Bonchev–Trinajstić information content (AvgIpc) is 2.70. The van der Waals surface area contributed by atoms with Crippen LogP contribution in [0.5, 0.6) is 0 Å². The van der Waals surface area contributed by atoms with E-state index in [2.05, 4.69) is 5.32 Å². The molecule has 3 rings (SSSR count). The summed E-state index contributed by atoms with van der Waals surface area (Å²) in [4.78, 5) is 12.8. The van der Waals surface area contributed by atoms with Gasteiger partial charge in [0.1, 0.15) is 6.04 Å². The molecule has 1 saturated heterocycles. The highest BCUT2D eigenvalue weighted by Crippen LogP contribution is 2.28. The van der Waals surface area contributed by atoms with Crippen molar-refractivity contribution in [2.24, 2.45) is 0 Å². The maximum Gasteiger partial charge on any atom is 0.243 e. The molecule has 9 heteroatoms. The van der Waals surface area contributed by atoms with E-state index in [0.717, 1.165) is 6.42 Å². The van der Waals surface area contributed by atoms with Crippen LogP contribution in [0.4, 0.5) is 5.69 Å². The number of hydrogen-bond donors (Lipinski definition) is 1. The molecule has 0 radical (unpaired) electrons. The maximum atomic E-state index is 13.1. The van der Waals surface area contributed by atoms with Crippen molar-refractivity contribution < 1.29 is 13.2 Å². The van der Waals surface area contributed by atoms with Crippen molar-refractivity contribution in [2.75, 3.05) is 11.9 Å². The summed E-state index contributed by atoms with van der Waals surface area (Å²) in [6.45, 7) is 0.235. The summed E-state index contributed by atoms with van der Waals surface area (Å²) in [5, 5.41) is 12.4. The van der Waals surface area contributed by atoms with E-state index >= 15 is 0 Å². The minimum Gasteiger partial charge on any atom is -0.325 e. The quantitative estimate of drug-likeness (QED) is 0.780. The van der Waals surface area contributed by atoms with E-state index in [1.807, 2.05) is 6.07 Å². The van der Waals surface area contributed by atoms with Crippen molar-refractivity contribution in [3.63, 3.8) is 0 Å². The molecule has 2 aromatic rings. The zero-order chi connectivity index (χ0) is 20.3. The highest BCUT2D eigenvalue weighted by atomic mass is 35.5. The fraction of sp³-hybridized carbons (Fsp3) is 0.263. The first-order valence-corrected chi connectivity index (χ1v) is 10.8. The van der Waals surface area contributed by atoms with Gasteiger partial charge in [-0.3, -0.25) is 4.79 Å². The van der Waals surface area contributed by atoms with Gasteiger partial charge in [-0.05, 0) is 49.2 Å². The summed E-state index contributed by atoms with van der Waals surface area (Å²) in [6, 6.07) is 11.6. The second kappa shape index (κ2) is 8.50. The van der Waals surface area contributed by atoms with Crippen LogP contribution in [0.15, 0.2) is 47.4 Å². The van der Waals surface area contributed by atoms with Crippen LogP contribution < -0.4 is 5.32 Å². The molecule has 0 saturated carbocycles. The van der Waals surface area contributed by atoms with Gasteiger partial charge in [-0.1, -0.05) is 35.7 Å². The Kier molecular flexibility index (Phi) is 6.26. The summed E-state index contributed by atoms with van der Waals surface area (Å²) in [6.07, 6.45) is 1.81. The second-order valence-corrected chi connectivity index (χ2v) is 9.09. The number of nitrogens with one attached hydrogen (secondary N) is 1. The van der Waals surface area contributed by atoms with E-state index in [1.165, 1.54) is 34.6 Å². The lowest BCUT2D eigenvalue weighted by Crippen LogP contribution is -2.49. The molecule has 1 heterocycles. The Morgan fingerprint density at radius 2 is 1.93 bits per heavy atom. The molecule has 0 spiro atoms.